The van der Waals surface area contributed by atoms with E-state index in [-0.39, 0.29) is 42.7 Å². The first-order valence-corrected chi connectivity index (χ1v) is 18.2. The summed E-state index contributed by atoms with van der Waals surface area (Å²) < 4.78 is 5.90. The summed E-state index contributed by atoms with van der Waals surface area (Å²) in [5.41, 5.74) is 8.95. The number of likely N-dealkylation sites (tertiary alicyclic amines) is 1. The van der Waals surface area contributed by atoms with E-state index in [4.69, 9.17) is 10.5 Å². The first-order valence-electron chi connectivity index (χ1n) is 17.4. The number of amidine groups is 1. The maximum Gasteiger partial charge on any atom is 0.262 e. The van der Waals surface area contributed by atoms with E-state index in [1.807, 2.05) is 61.5 Å². The summed E-state index contributed by atoms with van der Waals surface area (Å²) in [5.74, 6) is -0.0248. The van der Waals surface area contributed by atoms with Gasteiger partial charge in [0.2, 0.25) is 11.8 Å². The zero-order valence-corrected chi connectivity index (χ0v) is 30.9. The van der Waals surface area contributed by atoms with Gasteiger partial charge in [-0.3, -0.25) is 14.4 Å². The molecule has 266 valence electrons. The van der Waals surface area contributed by atoms with Gasteiger partial charge in [-0.05, 0) is 66.4 Å². The number of nitrogens with one attached hydrogen (secondary N) is 1. The molecule has 3 amide bonds. The van der Waals surface area contributed by atoms with E-state index in [0.29, 0.717) is 10.7 Å². The highest BCUT2D eigenvalue weighted by atomic mass is 32.1. The molecule has 0 spiro atoms. The fourth-order valence-corrected chi connectivity index (χ4v) is 6.49. The molecule has 1 saturated heterocycles. The van der Waals surface area contributed by atoms with Gasteiger partial charge in [0.15, 0.2) is 5.84 Å². The van der Waals surface area contributed by atoms with E-state index < -0.39 is 11.9 Å². The van der Waals surface area contributed by atoms with Crippen molar-refractivity contribution in [1.29, 1.82) is 0 Å². The Morgan fingerprint density at radius 3 is 2.26 bits per heavy atom. The number of hydrogen-bond donors (Lipinski definition) is 2. The first kappa shape index (κ1) is 38.2. The minimum absolute atomic E-state index is 0.0910. The predicted molar refractivity (Wildman–Crippen MR) is 204 cm³/mol. The standard InChI is InChI=1S/C40H51N5O4S/c1-7-8-9-10-11-22-49-32-18-16-29(17-19-32)27(2)24-43-37(42-6)30-14-12-28(13-15-30)23-33(39(48)45-25-31(26-45)36(41)46)44-38(47)34-20-21-35(50-34)40(3,4)5/h12-21,24,31,33H,6-11,22-23,25-26H2,1-5H3,(H2,41,46)(H,44,47)/b27-24+,43-37-/t33-/m0/s1. The molecule has 1 aliphatic rings. The van der Waals surface area contributed by atoms with Crippen molar-refractivity contribution in [2.45, 2.75) is 84.6 Å². The number of thiophene rings is 1. The summed E-state index contributed by atoms with van der Waals surface area (Å²) in [7, 11) is 0. The van der Waals surface area contributed by atoms with E-state index in [2.05, 4.69) is 49.7 Å². The molecular formula is C40H51N5O4S. The Bertz CT molecular complexity index is 1680. The third kappa shape index (κ3) is 10.7. The number of primary amides is 1. The predicted octanol–water partition coefficient (Wildman–Crippen LogP) is 7.19. The molecule has 0 radical (unpaired) electrons. The van der Waals surface area contributed by atoms with Crippen LogP contribution in [0.3, 0.4) is 0 Å². The summed E-state index contributed by atoms with van der Waals surface area (Å²) in [5, 5.41) is 2.96. The van der Waals surface area contributed by atoms with Gasteiger partial charge in [0.1, 0.15) is 11.8 Å². The van der Waals surface area contributed by atoms with Crippen LogP contribution in [-0.4, -0.2) is 60.9 Å². The molecule has 0 aliphatic carbocycles. The fraction of sp³-hybridized carbons (Fsp3) is 0.425. The Labute approximate surface area is 300 Å². The van der Waals surface area contributed by atoms with Crippen molar-refractivity contribution in [3.05, 3.63) is 93.3 Å². The average Bonchev–Trinajstić information content (AvgIpc) is 3.58. The van der Waals surface area contributed by atoms with Crippen molar-refractivity contribution >= 4 is 47.2 Å². The molecule has 1 fully saturated rings. The number of unbranched alkanes of at least 4 members (excludes halogenated alkanes) is 4. The topological polar surface area (TPSA) is 126 Å². The lowest BCUT2D eigenvalue weighted by molar-refractivity contribution is -0.143. The van der Waals surface area contributed by atoms with Crippen LogP contribution in [-0.2, 0) is 21.4 Å². The number of ether oxygens (including phenoxy) is 1. The number of carbonyl (C=O) groups is 3. The number of carbonyl (C=O) groups excluding carboxylic acids is 3. The minimum atomic E-state index is -0.818. The van der Waals surface area contributed by atoms with Crippen LogP contribution in [0, 0.1) is 5.92 Å². The minimum Gasteiger partial charge on any atom is -0.494 e. The Morgan fingerprint density at radius 1 is 1.00 bits per heavy atom. The average molecular weight is 698 g/mol. The number of benzene rings is 2. The molecule has 50 heavy (non-hydrogen) atoms. The second kappa shape index (κ2) is 17.9. The largest absolute Gasteiger partial charge is 0.494 e. The lowest BCUT2D eigenvalue weighted by Gasteiger charge is -2.39. The summed E-state index contributed by atoms with van der Waals surface area (Å²) >= 11 is 1.42. The van der Waals surface area contributed by atoms with Gasteiger partial charge >= 0.3 is 0 Å². The van der Waals surface area contributed by atoms with Gasteiger partial charge in [0.25, 0.3) is 5.91 Å². The second-order valence-corrected chi connectivity index (χ2v) is 15.0. The molecule has 1 aliphatic heterocycles. The Hall–Kier alpha value is -4.57. The van der Waals surface area contributed by atoms with Crippen molar-refractivity contribution < 1.29 is 19.1 Å². The van der Waals surface area contributed by atoms with Crippen LogP contribution in [0.4, 0.5) is 0 Å². The second-order valence-electron chi connectivity index (χ2n) is 13.9. The van der Waals surface area contributed by atoms with Gasteiger partial charge in [-0.15, -0.1) is 11.3 Å². The molecule has 1 aromatic heterocycles. The summed E-state index contributed by atoms with van der Waals surface area (Å²) in [6.07, 6.45) is 8.06. The van der Waals surface area contributed by atoms with Crippen LogP contribution in [0.2, 0.25) is 0 Å². The van der Waals surface area contributed by atoms with Crippen molar-refractivity contribution in [2.75, 3.05) is 19.7 Å². The molecule has 1 atom stereocenters. The normalized spacial score (nSPS) is 14.5. The quantitative estimate of drug-likeness (QED) is 0.0934. The molecule has 0 unspecified atom stereocenters. The molecule has 0 saturated carbocycles. The van der Waals surface area contributed by atoms with E-state index in [1.165, 1.54) is 37.0 Å². The van der Waals surface area contributed by atoms with Crippen LogP contribution in [0.1, 0.15) is 98.0 Å². The van der Waals surface area contributed by atoms with Gasteiger partial charge in [0, 0.05) is 36.2 Å². The number of hydrogen-bond acceptors (Lipinski definition) is 6. The third-order valence-electron chi connectivity index (χ3n) is 8.78. The van der Waals surface area contributed by atoms with Gasteiger partial charge in [0.05, 0.1) is 17.4 Å². The maximum absolute atomic E-state index is 13.5. The van der Waals surface area contributed by atoms with Crippen molar-refractivity contribution in [1.82, 2.24) is 10.2 Å². The smallest absolute Gasteiger partial charge is 0.262 e. The highest BCUT2D eigenvalue weighted by Crippen LogP contribution is 2.30. The molecule has 3 N–H and O–H groups in total. The zero-order chi connectivity index (χ0) is 36.3. The van der Waals surface area contributed by atoms with Gasteiger partial charge in [-0.1, -0.05) is 89.8 Å². The summed E-state index contributed by atoms with van der Waals surface area (Å²) in [6.45, 7) is 15.4. The van der Waals surface area contributed by atoms with E-state index in [0.717, 1.165) is 45.9 Å². The van der Waals surface area contributed by atoms with E-state index in [9.17, 15) is 14.4 Å². The highest BCUT2D eigenvalue weighted by Gasteiger charge is 2.38. The molecule has 0 bridgehead atoms. The van der Waals surface area contributed by atoms with Crippen LogP contribution >= 0.6 is 11.3 Å². The van der Waals surface area contributed by atoms with Gasteiger partial charge in [-0.25, -0.2) is 9.98 Å². The third-order valence-corrected chi connectivity index (χ3v) is 10.3. The van der Waals surface area contributed by atoms with Crippen molar-refractivity contribution in [3.63, 3.8) is 0 Å². The molecule has 2 heterocycles. The van der Waals surface area contributed by atoms with Gasteiger partial charge < -0.3 is 20.7 Å². The number of nitrogens with two attached hydrogens (primary N) is 1. The molecule has 9 nitrogen and oxygen atoms in total. The number of aliphatic imine (C=N–C) groups is 2. The van der Waals surface area contributed by atoms with Crippen LogP contribution in [0.25, 0.3) is 5.57 Å². The molecule has 4 rings (SSSR count). The molecule has 10 heteroatoms. The summed E-state index contributed by atoms with van der Waals surface area (Å²) in [4.78, 5) is 50.4. The molecular weight excluding hydrogens is 647 g/mol. The van der Waals surface area contributed by atoms with E-state index in [1.54, 1.807) is 17.2 Å². The Balaban J connectivity index is 1.42. The van der Waals surface area contributed by atoms with Crippen molar-refractivity contribution in [3.8, 4) is 5.75 Å². The number of nitrogens with zero attached hydrogens (tertiary/aromatic N) is 3. The summed E-state index contributed by atoms with van der Waals surface area (Å²) in [6, 6.07) is 18.5. The van der Waals surface area contributed by atoms with E-state index >= 15 is 0 Å². The lowest BCUT2D eigenvalue weighted by Crippen LogP contribution is -2.60. The first-order chi connectivity index (χ1) is 23.9. The number of rotatable bonds is 16. The monoisotopic (exact) mass is 697 g/mol. The van der Waals surface area contributed by atoms with Crippen LogP contribution in [0.5, 0.6) is 5.75 Å². The van der Waals surface area contributed by atoms with Crippen LogP contribution in [0.15, 0.2) is 76.8 Å². The molecule has 2 aromatic carbocycles. The zero-order valence-electron chi connectivity index (χ0n) is 30.0. The van der Waals surface area contributed by atoms with Crippen molar-refractivity contribution in [2.24, 2.45) is 21.6 Å². The maximum atomic E-state index is 13.5. The SMILES string of the molecule is C=N/C(=N\C=C(/C)c1ccc(OCCCCCCC)cc1)c1ccc(C[C@H](NC(=O)c2ccc(C(C)(C)C)s2)C(=O)N2CC(C(N)=O)C2)cc1. The Kier molecular flexibility index (Phi) is 13.7. The number of allylic oxidation sites excluding steroid dienone is 1. The highest BCUT2D eigenvalue weighted by molar-refractivity contribution is 7.14. The van der Waals surface area contributed by atoms with Crippen LogP contribution < -0.4 is 15.8 Å². The lowest BCUT2D eigenvalue weighted by atomic mass is 9.95. The Morgan fingerprint density at radius 2 is 1.66 bits per heavy atom. The molecule has 3 aromatic rings. The van der Waals surface area contributed by atoms with Gasteiger partial charge in [-0.2, -0.15) is 0 Å². The number of amides is 3. The fourth-order valence-electron chi connectivity index (χ4n) is 5.53.